The number of rotatable bonds is 7. The summed E-state index contributed by atoms with van der Waals surface area (Å²) in [5, 5.41) is 3.42. The third kappa shape index (κ3) is 4.60. The van der Waals surface area contributed by atoms with Crippen molar-refractivity contribution < 1.29 is 4.74 Å². The summed E-state index contributed by atoms with van der Waals surface area (Å²) in [6.45, 7) is 4.86. The Morgan fingerprint density at radius 1 is 1.20 bits per heavy atom. The van der Waals surface area contributed by atoms with Gasteiger partial charge in [-0.2, -0.15) is 0 Å². The highest BCUT2D eigenvalue weighted by Gasteiger charge is 2.13. The summed E-state index contributed by atoms with van der Waals surface area (Å²) in [6, 6.07) is 0. The van der Waals surface area contributed by atoms with E-state index in [1.807, 2.05) is 0 Å². The summed E-state index contributed by atoms with van der Waals surface area (Å²) in [5.74, 6) is 0.680. The fourth-order valence-electron chi connectivity index (χ4n) is 2.33. The van der Waals surface area contributed by atoms with Crippen molar-refractivity contribution in [2.24, 2.45) is 0 Å². The van der Waals surface area contributed by atoms with E-state index in [0.717, 1.165) is 38.2 Å². The second-order valence-electron chi connectivity index (χ2n) is 5.17. The first-order chi connectivity index (χ1) is 9.92. The van der Waals surface area contributed by atoms with Crippen LogP contribution in [0.3, 0.4) is 0 Å². The van der Waals surface area contributed by atoms with Crippen LogP contribution >= 0.6 is 0 Å². The average molecular weight is 275 g/mol. The second kappa shape index (κ2) is 8.69. The lowest BCUT2D eigenvalue weighted by Gasteiger charge is -2.11. The molecule has 0 aromatic carbocycles. The Hall–Kier alpha value is -1.42. The van der Waals surface area contributed by atoms with E-state index in [2.05, 4.69) is 28.3 Å². The maximum atomic E-state index is 5.84. The van der Waals surface area contributed by atoms with Gasteiger partial charge in [0.25, 0.3) is 0 Å². The number of hydrogen-bond donors (Lipinski definition) is 1. The Labute approximate surface area is 121 Å². The molecule has 0 amide bonds. The Bertz CT molecular complexity index is 431. The molecule has 2 heterocycles. The molecule has 1 aliphatic rings. The van der Waals surface area contributed by atoms with Crippen LogP contribution in [0.15, 0.2) is 18.5 Å². The third-order valence-electron chi connectivity index (χ3n) is 3.47. The Balaban J connectivity index is 1.96. The Kier molecular flexibility index (Phi) is 6.51. The van der Waals surface area contributed by atoms with E-state index in [4.69, 9.17) is 4.74 Å². The first-order valence-electron chi connectivity index (χ1n) is 7.75. The van der Waals surface area contributed by atoms with Crippen molar-refractivity contribution in [3.05, 3.63) is 24.2 Å². The number of nitrogens with zero attached hydrogens (tertiary/aromatic N) is 2. The van der Waals surface area contributed by atoms with Crippen molar-refractivity contribution in [3.8, 4) is 5.88 Å². The molecule has 4 heteroatoms. The summed E-state index contributed by atoms with van der Waals surface area (Å²) in [4.78, 5) is 8.81. The predicted octanol–water partition coefficient (Wildman–Crippen LogP) is 3.20. The molecule has 0 saturated heterocycles. The van der Waals surface area contributed by atoms with Crippen LogP contribution in [-0.2, 0) is 0 Å². The fraction of sp³-hybridized carbons (Fsp3) is 0.625. The number of aromatic nitrogens is 2. The van der Waals surface area contributed by atoms with Gasteiger partial charge in [0.2, 0.25) is 5.88 Å². The molecular weight excluding hydrogens is 250 g/mol. The Morgan fingerprint density at radius 3 is 3.00 bits per heavy atom. The zero-order valence-corrected chi connectivity index (χ0v) is 12.4. The van der Waals surface area contributed by atoms with Crippen LogP contribution in [0.5, 0.6) is 5.88 Å². The van der Waals surface area contributed by atoms with Crippen LogP contribution in [-0.4, -0.2) is 29.7 Å². The number of hydrogen-bond acceptors (Lipinski definition) is 4. The lowest BCUT2D eigenvalue weighted by Crippen LogP contribution is -2.16. The summed E-state index contributed by atoms with van der Waals surface area (Å²) < 4.78 is 5.84. The molecule has 2 rings (SSSR count). The average Bonchev–Trinajstić information content (AvgIpc) is 2.76. The molecule has 0 unspecified atom stereocenters. The molecule has 0 radical (unpaired) electrons. The molecule has 110 valence electrons. The summed E-state index contributed by atoms with van der Waals surface area (Å²) in [7, 11) is 0. The topological polar surface area (TPSA) is 47.0 Å². The van der Waals surface area contributed by atoms with E-state index < -0.39 is 0 Å². The van der Waals surface area contributed by atoms with Crippen LogP contribution in [0.2, 0.25) is 0 Å². The standard InChI is InChI=1S/C16H25N3O/c1-2-3-4-7-12-20-16-15(18-10-11-19-16)14-8-5-6-9-17-13-14/h8,10-11,17H,2-7,9,12-13H2,1H3. The van der Waals surface area contributed by atoms with Gasteiger partial charge in [0, 0.05) is 18.9 Å². The number of unbranched alkanes of at least 4 members (excludes halogenated alkanes) is 3. The molecule has 0 fully saturated rings. The van der Waals surface area contributed by atoms with Crippen LogP contribution in [0.4, 0.5) is 0 Å². The van der Waals surface area contributed by atoms with Gasteiger partial charge in [0.05, 0.1) is 6.61 Å². The van der Waals surface area contributed by atoms with Crippen LogP contribution < -0.4 is 10.1 Å². The molecule has 1 aliphatic heterocycles. The summed E-state index contributed by atoms with van der Waals surface area (Å²) in [5.41, 5.74) is 2.11. The highest BCUT2D eigenvalue weighted by Crippen LogP contribution is 2.22. The highest BCUT2D eigenvalue weighted by molar-refractivity contribution is 5.67. The van der Waals surface area contributed by atoms with Crippen molar-refractivity contribution >= 4 is 5.57 Å². The molecule has 0 atom stereocenters. The molecular formula is C16H25N3O. The molecule has 0 saturated carbocycles. The van der Waals surface area contributed by atoms with E-state index in [1.54, 1.807) is 12.4 Å². The largest absolute Gasteiger partial charge is 0.476 e. The van der Waals surface area contributed by atoms with Gasteiger partial charge in [0.15, 0.2) is 0 Å². The third-order valence-corrected chi connectivity index (χ3v) is 3.47. The molecule has 1 aromatic heterocycles. The minimum absolute atomic E-state index is 0.680. The van der Waals surface area contributed by atoms with E-state index in [9.17, 15) is 0 Å². The van der Waals surface area contributed by atoms with E-state index in [1.165, 1.54) is 31.3 Å². The van der Waals surface area contributed by atoms with Gasteiger partial charge in [-0.25, -0.2) is 9.97 Å². The van der Waals surface area contributed by atoms with Crippen molar-refractivity contribution in [3.63, 3.8) is 0 Å². The molecule has 0 aliphatic carbocycles. The minimum atomic E-state index is 0.680. The highest BCUT2D eigenvalue weighted by atomic mass is 16.5. The number of ether oxygens (including phenoxy) is 1. The zero-order valence-electron chi connectivity index (χ0n) is 12.4. The maximum Gasteiger partial charge on any atom is 0.240 e. The lowest BCUT2D eigenvalue weighted by atomic mass is 10.1. The normalized spacial score (nSPS) is 15.6. The maximum absolute atomic E-state index is 5.84. The van der Waals surface area contributed by atoms with Crippen LogP contribution in [0, 0.1) is 0 Å². The Morgan fingerprint density at radius 2 is 2.10 bits per heavy atom. The van der Waals surface area contributed by atoms with Crippen molar-refractivity contribution in [1.82, 2.24) is 15.3 Å². The predicted molar refractivity (Wildman–Crippen MR) is 81.7 cm³/mol. The SMILES string of the molecule is CCCCCCOc1nccnc1C1=CCCCNC1. The van der Waals surface area contributed by atoms with E-state index >= 15 is 0 Å². The second-order valence-corrected chi connectivity index (χ2v) is 5.17. The lowest BCUT2D eigenvalue weighted by molar-refractivity contribution is 0.291. The molecule has 4 nitrogen and oxygen atoms in total. The molecule has 0 spiro atoms. The van der Waals surface area contributed by atoms with Gasteiger partial charge < -0.3 is 10.1 Å². The van der Waals surface area contributed by atoms with E-state index in [0.29, 0.717) is 5.88 Å². The number of nitrogens with one attached hydrogen (secondary N) is 1. The minimum Gasteiger partial charge on any atom is -0.476 e. The smallest absolute Gasteiger partial charge is 0.240 e. The first kappa shape index (κ1) is 15.0. The molecule has 0 bridgehead atoms. The van der Waals surface area contributed by atoms with Gasteiger partial charge in [-0.05, 0) is 31.4 Å². The first-order valence-corrected chi connectivity index (χ1v) is 7.75. The number of allylic oxidation sites excluding steroid dienone is 1. The molecule has 1 aromatic rings. The van der Waals surface area contributed by atoms with Gasteiger partial charge in [-0.15, -0.1) is 0 Å². The quantitative estimate of drug-likeness (QED) is 0.776. The van der Waals surface area contributed by atoms with Crippen LogP contribution in [0.25, 0.3) is 5.57 Å². The van der Waals surface area contributed by atoms with E-state index in [-0.39, 0.29) is 0 Å². The molecule has 20 heavy (non-hydrogen) atoms. The van der Waals surface area contributed by atoms with Gasteiger partial charge in [-0.3, -0.25) is 0 Å². The summed E-state index contributed by atoms with van der Waals surface area (Å²) >= 11 is 0. The fourth-order valence-corrected chi connectivity index (χ4v) is 2.33. The zero-order chi connectivity index (χ0) is 14.0. The monoisotopic (exact) mass is 275 g/mol. The van der Waals surface area contributed by atoms with Crippen molar-refractivity contribution in [2.75, 3.05) is 19.7 Å². The van der Waals surface area contributed by atoms with Crippen molar-refractivity contribution in [1.29, 1.82) is 0 Å². The van der Waals surface area contributed by atoms with Gasteiger partial charge in [0.1, 0.15) is 5.69 Å². The van der Waals surface area contributed by atoms with Gasteiger partial charge in [-0.1, -0.05) is 32.3 Å². The molecule has 1 N–H and O–H groups in total. The van der Waals surface area contributed by atoms with Crippen molar-refractivity contribution in [2.45, 2.75) is 45.4 Å². The van der Waals surface area contributed by atoms with Crippen LogP contribution in [0.1, 0.15) is 51.1 Å². The summed E-state index contributed by atoms with van der Waals surface area (Å²) in [6.07, 6.45) is 12.8. The van der Waals surface area contributed by atoms with Gasteiger partial charge >= 0.3 is 0 Å².